The van der Waals surface area contributed by atoms with Crippen LogP contribution in [-0.2, 0) is 0 Å². The maximum Gasteiger partial charge on any atom is 0.292 e. The lowest BCUT2D eigenvalue weighted by Gasteiger charge is -2.41. The highest BCUT2D eigenvalue weighted by Gasteiger charge is 2.33. The van der Waals surface area contributed by atoms with E-state index >= 15 is 0 Å². The molecule has 5 nitrogen and oxygen atoms in total. The molecule has 3 rings (SSSR count). The van der Waals surface area contributed by atoms with Crippen molar-refractivity contribution in [3.8, 4) is 0 Å². The minimum absolute atomic E-state index is 0.00199. The molecule has 1 N–H and O–H groups in total. The molecule has 2 aliphatic heterocycles. The van der Waals surface area contributed by atoms with Gasteiger partial charge in [0.15, 0.2) is 0 Å². The monoisotopic (exact) mass is 238 g/mol. The average Bonchev–Trinajstić information content (AvgIpc) is 2.81. The highest BCUT2D eigenvalue weighted by Crippen LogP contribution is 2.25. The van der Waals surface area contributed by atoms with Gasteiger partial charge in [-0.05, 0) is 42.9 Å². The zero-order chi connectivity index (χ0) is 11.0. The normalized spacial score (nSPS) is 29.1. The Morgan fingerprint density at radius 2 is 2.19 bits per heavy atom. The van der Waals surface area contributed by atoms with E-state index < -0.39 is 0 Å². The lowest BCUT2D eigenvalue weighted by molar-refractivity contribution is 0.0527. The summed E-state index contributed by atoms with van der Waals surface area (Å²) in [5, 5.41) is 3.41. The van der Waals surface area contributed by atoms with E-state index in [4.69, 9.17) is 0 Å². The summed E-state index contributed by atoms with van der Waals surface area (Å²) in [5.41, 5.74) is 1.61. The van der Waals surface area contributed by atoms with Crippen LogP contribution in [-0.4, -0.2) is 46.3 Å². The SMILES string of the molecule is O=C(c1ncsn1)N1CC2CNCC(C2)C1. The van der Waals surface area contributed by atoms with Crippen molar-refractivity contribution < 1.29 is 4.79 Å². The van der Waals surface area contributed by atoms with Crippen LogP contribution in [0.4, 0.5) is 0 Å². The van der Waals surface area contributed by atoms with Gasteiger partial charge in [0.1, 0.15) is 5.51 Å². The quantitative estimate of drug-likeness (QED) is 0.760. The number of likely N-dealkylation sites (tertiary alicyclic amines) is 1. The number of carbonyl (C=O) groups is 1. The van der Waals surface area contributed by atoms with Gasteiger partial charge in [0.2, 0.25) is 5.82 Å². The number of amides is 1. The highest BCUT2D eigenvalue weighted by molar-refractivity contribution is 7.03. The Bertz CT molecular complexity index is 368. The lowest BCUT2D eigenvalue weighted by atomic mass is 9.86. The molecule has 0 spiro atoms. The molecule has 2 atom stereocenters. The topological polar surface area (TPSA) is 58.1 Å². The fourth-order valence-corrected chi connectivity index (χ4v) is 3.10. The predicted molar refractivity (Wildman–Crippen MR) is 60.3 cm³/mol. The van der Waals surface area contributed by atoms with Crippen LogP contribution in [0.3, 0.4) is 0 Å². The molecule has 16 heavy (non-hydrogen) atoms. The first kappa shape index (κ1) is 10.2. The van der Waals surface area contributed by atoms with Crippen molar-refractivity contribution in [2.24, 2.45) is 11.8 Å². The molecule has 86 valence electrons. The Morgan fingerprint density at radius 3 is 2.81 bits per heavy atom. The number of carbonyl (C=O) groups excluding carboxylic acids is 1. The Hall–Kier alpha value is -1.01. The van der Waals surface area contributed by atoms with Gasteiger partial charge in [-0.2, -0.15) is 4.37 Å². The number of hydrogen-bond acceptors (Lipinski definition) is 5. The zero-order valence-corrected chi connectivity index (χ0v) is 9.74. The molecule has 0 aliphatic carbocycles. The van der Waals surface area contributed by atoms with Crippen LogP contribution in [0.1, 0.15) is 17.0 Å². The van der Waals surface area contributed by atoms with Crippen LogP contribution in [0.15, 0.2) is 5.51 Å². The zero-order valence-electron chi connectivity index (χ0n) is 8.93. The predicted octanol–water partition coefficient (Wildman–Crippen LogP) is 0.220. The maximum absolute atomic E-state index is 12.1. The van der Waals surface area contributed by atoms with Crippen LogP contribution < -0.4 is 5.32 Å². The van der Waals surface area contributed by atoms with E-state index in [0.29, 0.717) is 17.7 Å². The second-order valence-corrected chi connectivity index (χ2v) is 5.20. The standard InChI is InChI=1S/C10H14N4OS/c15-10(9-12-6-16-13-9)14-4-7-1-8(5-14)3-11-2-7/h6-8,11H,1-5H2. The van der Waals surface area contributed by atoms with Gasteiger partial charge in [-0.25, -0.2) is 4.98 Å². The molecule has 2 aliphatic rings. The Morgan fingerprint density at radius 1 is 1.44 bits per heavy atom. The Balaban J connectivity index is 1.73. The molecule has 0 aromatic carbocycles. The molecule has 6 heteroatoms. The van der Waals surface area contributed by atoms with Crippen molar-refractivity contribution in [1.29, 1.82) is 0 Å². The Labute approximate surface area is 98.0 Å². The molecule has 1 amide bonds. The van der Waals surface area contributed by atoms with Crippen LogP contribution >= 0.6 is 11.5 Å². The van der Waals surface area contributed by atoms with Gasteiger partial charge in [0, 0.05) is 13.1 Å². The summed E-state index contributed by atoms with van der Waals surface area (Å²) in [7, 11) is 0. The van der Waals surface area contributed by atoms with Gasteiger partial charge in [-0.3, -0.25) is 4.79 Å². The Kier molecular flexibility index (Phi) is 2.61. The molecule has 0 saturated carbocycles. The number of aromatic nitrogens is 2. The van der Waals surface area contributed by atoms with Gasteiger partial charge in [0.05, 0.1) is 0 Å². The van der Waals surface area contributed by atoms with E-state index in [9.17, 15) is 4.79 Å². The smallest absolute Gasteiger partial charge is 0.292 e. The number of hydrogen-bond donors (Lipinski definition) is 1. The minimum Gasteiger partial charge on any atom is -0.335 e. The highest BCUT2D eigenvalue weighted by atomic mass is 32.1. The van der Waals surface area contributed by atoms with Crippen LogP contribution in [0.5, 0.6) is 0 Å². The van der Waals surface area contributed by atoms with Crippen molar-refractivity contribution in [2.75, 3.05) is 26.2 Å². The summed E-state index contributed by atoms with van der Waals surface area (Å²) in [5.74, 6) is 1.57. The average molecular weight is 238 g/mol. The number of fused-ring (bicyclic) bond motifs is 2. The third-order valence-corrected chi connectivity index (χ3v) is 3.81. The summed E-state index contributed by atoms with van der Waals surface area (Å²) >= 11 is 1.23. The van der Waals surface area contributed by atoms with Crippen molar-refractivity contribution in [2.45, 2.75) is 6.42 Å². The molecule has 2 bridgehead atoms. The van der Waals surface area contributed by atoms with Gasteiger partial charge < -0.3 is 10.2 Å². The minimum atomic E-state index is -0.00199. The summed E-state index contributed by atoms with van der Waals surface area (Å²) in [4.78, 5) is 18.0. The van der Waals surface area contributed by atoms with E-state index in [-0.39, 0.29) is 5.91 Å². The summed E-state index contributed by atoms with van der Waals surface area (Å²) in [6, 6.07) is 0. The summed E-state index contributed by atoms with van der Waals surface area (Å²) in [6.45, 7) is 3.76. The summed E-state index contributed by atoms with van der Waals surface area (Å²) in [6.07, 6.45) is 1.25. The number of rotatable bonds is 1. The third-order valence-electron chi connectivity index (χ3n) is 3.33. The second-order valence-electron chi connectivity index (χ2n) is 4.59. The van der Waals surface area contributed by atoms with Gasteiger partial charge in [0.25, 0.3) is 5.91 Å². The fraction of sp³-hybridized carbons (Fsp3) is 0.700. The van der Waals surface area contributed by atoms with Crippen LogP contribution in [0.2, 0.25) is 0 Å². The van der Waals surface area contributed by atoms with E-state index in [2.05, 4.69) is 14.7 Å². The van der Waals surface area contributed by atoms with Crippen molar-refractivity contribution in [1.82, 2.24) is 19.6 Å². The molecule has 0 radical (unpaired) electrons. The molecular formula is C10H14N4OS. The molecule has 3 heterocycles. The van der Waals surface area contributed by atoms with Crippen LogP contribution in [0, 0.1) is 11.8 Å². The molecule has 2 fully saturated rings. The molecule has 2 saturated heterocycles. The third kappa shape index (κ3) is 1.82. The van der Waals surface area contributed by atoms with Crippen LogP contribution in [0.25, 0.3) is 0 Å². The first-order chi connectivity index (χ1) is 7.83. The first-order valence-electron chi connectivity index (χ1n) is 5.59. The molecule has 1 aromatic heterocycles. The number of piperidine rings is 2. The van der Waals surface area contributed by atoms with Gasteiger partial charge >= 0.3 is 0 Å². The van der Waals surface area contributed by atoms with E-state index in [1.165, 1.54) is 18.0 Å². The fourth-order valence-electron chi connectivity index (χ4n) is 2.68. The van der Waals surface area contributed by atoms with E-state index in [1.54, 1.807) is 5.51 Å². The van der Waals surface area contributed by atoms with Crippen molar-refractivity contribution in [3.63, 3.8) is 0 Å². The number of nitrogens with one attached hydrogen (secondary N) is 1. The maximum atomic E-state index is 12.1. The second kappa shape index (κ2) is 4.10. The largest absolute Gasteiger partial charge is 0.335 e. The number of nitrogens with zero attached hydrogens (tertiary/aromatic N) is 3. The van der Waals surface area contributed by atoms with E-state index in [1.807, 2.05) is 4.90 Å². The lowest BCUT2D eigenvalue weighted by Crippen LogP contribution is -2.52. The first-order valence-corrected chi connectivity index (χ1v) is 6.43. The van der Waals surface area contributed by atoms with Gasteiger partial charge in [-0.1, -0.05) is 0 Å². The van der Waals surface area contributed by atoms with E-state index in [0.717, 1.165) is 26.2 Å². The van der Waals surface area contributed by atoms with Gasteiger partial charge in [-0.15, -0.1) is 0 Å². The molecular weight excluding hydrogens is 224 g/mol. The summed E-state index contributed by atoms with van der Waals surface area (Å²) < 4.78 is 4.01. The van der Waals surface area contributed by atoms with Crippen molar-refractivity contribution >= 4 is 17.4 Å². The molecule has 1 aromatic rings. The van der Waals surface area contributed by atoms with Crippen molar-refractivity contribution in [3.05, 3.63) is 11.3 Å². The molecule has 2 unspecified atom stereocenters.